The Morgan fingerprint density at radius 3 is 1.84 bits per heavy atom. The van der Waals surface area contributed by atoms with Crippen LogP contribution in [0.25, 0.3) is 5.76 Å². The lowest BCUT2D eigenvalue weighted by molar-refractivity contribution is -0.178. The van der Waals surface area contributed by atoms with Crippen LogP contribution in [0.3, 0.4) is 0 Å². The molecule has 50 heavy (non-hydrogen) atoms. The maximum absolute atomic E-state index is 15.4. The summed E-state index contributed by atoms with van der Waals surface area (Å²) in [6, 6.07) is 3.97. The van der Waals surface area contributed by atoms with Crippen molar-refractivity contribution in [3.05, 3.63) is 75.9 Å². The molecule has 4 atom stereocenters. The van der Waals surface area contributed by atoms with Gasteiger partial charge in [-0.05, 0) is 123 Å². The molecular formula is C42H54O8. The summed E-state index contributed by atoms with van der Waals surface area (Å²) < 4.78 is 10.5. The molecule has 1 aromatic rings. The molecule has 1 aromatic carbocycles. The van der Waals surface area contributed by atoms with Gasteiger partial charge in [-0.25, -0.2) is 0 Å². The highest BCUT2D eigenvalue weighted by Crippen LogP contribution is 2.67. The van der Waals surface area contributed by atoms with Crippen molar-refractivity contribution in [1.29, 1.82) is 0 Å². The van der Waals surface area contributed by atoms with Gasteiger partial charge >= 0.3 is 11.9 Å². The van der Waals surface area contributed by atoms with Gasteiger partial charge in [0.25, 0.3) is 0 Å². The van der Waals surface area contributed by atoms with Crippen LogP contribution in [0.2, 0.25) is 0 Å². The third-order valence-corrected chi connectivity index (χ3v) is 10.2. The Bertz CT molecular complexity index is 1720. The van der Waals surface area contributed by atoms with Crippen molar-refractivity contribution in [2.24, 2.45) is 22.2 Å². The van der Waals surface area contributed by atoms with Gasteiger partial charge < -0.3 is 14.6 Å². The van der Waals surface area contributed by atoms with E-state index in [0.717, 1.165) is 22.3 Å². The van der Waals surface area contributed by atoms with Gasteiger partial charge in [-0.1, -0.05) is 53.5 Å². The normalized spacial score (nSPS) is 25.3. The molecule has 8 nitrogen and oxygen atoms in total. The van der Waals surface area contributed by atoms with E-state index >= 15 is 9.59 Å². The Hall–Kier alpha value is -4.33. The number of benzene rings is 1. The lowest BCUT2D eigenvalue weighted by Gasteiger charge is -2.61. The van der Waals surface area contributed by atoms with Crippen LogP contribution in [-0.2, 0) is 24.0 Å². The average Bonchev–Trinajstić information content (AvgIpc) is 2.99. The molecule has 0 amide bonds. The second-order valence-electron chi connectivity index (χ2n) is 15.2. The summed E-state index contributed by atoms with van der Waals surface area (Å²) >= 11 is 0. The SMILES string of the molecule is CC(=O)Oc1ccc(/C(O)=C2\C(=O)[C@]3(CC=C(C)C)C[C@H](CC=C(C)C)[C@@](C)(CCC=C(C)C)[C@](CC=C(C)C)(C2=O)C3=O)cc1OC(C)=O. The lowest BCUT2D eigenvalue weighted by Crippen LogP contribution is -2.70. The molecular weight excluding hydrogens is 632 g/mol. The van der Waals surface area contributed by atoms with E-state index in [-0.39, 0.29) is 48.0 Å². The zero-order valence-electron chi connectivity index (χ0n) is 31.7. The van der Waals surface area contributed by atoms with Crippen molar-refractivity contribution in [2.45, 2.75) is 115 Å². The summed E-state index contributed by atoms with van der Waals surface area (Å²) in [7, 11) is 0. The molecule has 2 fully saturated rings. The van der Waals surface area contributed by atoms with Crippen LogP contribution >= 0.6 is 0 Å². The van der Waals surface area contributed by atoms with Crippen LogP contribution in [0.4, 0.5) is 0 Å². The molecule has 270 valence electrons. The molecule has 0 aromatic heterocycles. The number of ketones is 3. The van der Waals surface area contributed by atoms with Gasteiger partial charge in [-0.15, -0.1) is 0 Å². The summed E-state index contributed by atoms with van der Waals surface area (Å²) in [4.78, 5) is 69.5. The average molecular weight is 687 g/mol. The number of aliphatic hydroxyl groups excluding tert-OH is 1. The van der Waals surface area contributed by atoms with Gasteiger partial charge in [-0.3, -0.25) is 24.0 Å². The number of Topliss-reactive ketones (excluding diaryl/α,β-unsaturated/α-hetero) is 3. The second kappa shape index (κ2) is 15.7. The Labute approximate surface area is 297 Å². The number of hydrogen-bond acceptors (Lipinski definition) is 8. The van der Waals surface area contributed by atoms with Crippen molar-refractivity contribution >= 4 is 35.0 Å². The molecule has 2 bridgehead atoms. The van der Waals surface area contributed by atoms with Crippen molar-refractivity contribution in [1.82, 2.24) is 0 Å². The maximum atomic E-state index is 15.4. The van der Waals surface area contributed by atoms with E-state index in [2.05, 4.69) is 12.2 Å². The summed E-state index contributed by atoms with van der Waals surface area (Å²) in [5, 5.41) is 12.0. The molecule has 2 aliphatic carbocycles. The number of aliphatic hydroxyl groups is 1. The van der Waals surface area contributed by atoms with E-state index in [9.17, 15) is 19.5 Å². The first-order valence-electron chi connectivity index (χ1n) is 17.4. The van der Waals surface area contributed by atoms with E-state index in [1.54, 1.807) is 0 Å². The number of carbonyl (C=O) groups excluding carboxylic acids is 5. The first-order valence-corrected chi connectivity index (χ1v) is 17.4. The number of allylic oxidation sites excluding steroid dienone is 9. The first kappa shape index (κ1) is 40.1. The Kier molecular flexibility index (Phi) is 12.6. The standard InChI is InChI=1S/C42H54O8/c1-25(2)13-12-20-40(11)32(16-14-26(3)4)24-41(21-18-27(5)6)37(46)35(38(47)42(40,39(41)48)22-19-28(7)8)36(45)31-15-17-33(49-29(9)43)34(23-31)50-30(10)44/h13-15,17-19,23,32,45H,12,16,20-22,24H2,1-11H3/b36-35-/t32-,40+,41-,42+/m0/s1. The van der Waals surface area contributed by atoms with Crippen LogP contribution in [-0.4, -0.2) is 34.4 Å². The maximum Gasteiger partial charge on any atom is 0.308 e. The van der Waals surface area contributed by atoms with Gasteiger partial charge in [-0.2, -0.15) is 0 Å². The topological polar surface area (TPSA) is 124 Å². The number of fused-ring (bicyclic) bond motifs is 2. The Morgan fingerprint density at radius 1 is 0.760 bits per heavy atom. The van der Waals surface area contributed by atoms with E-state index in [4.69, 9.17) is 9.47 Å². The Morgan fingerprint density at radius 2 is 1.30 bits per heavy atom. The van der Waals surface area contributed by atoms with Crippen molar-refractivity contribution < 1.29 is 38.6 Å². The molecule has 0 heterocycles. The number of rotatable bonds is 12. The number of hydrogen-bond donors (Lipinski definition) is 1. The highest BCUT2D eigenvalue weighted by atomic mass is 16.6. The second-order valence-corrected chi connectivity index (χ2v) is 15.2. The molecule has 8 heteroatoms. The van der Waals surface area contributed by atoms with E-state index in [1.807, 2.05) is 74.5 Å². The van der Waals surface area contributed by atoms with Gasteiger partial charge in [0.15, 0.2) is 28.8 Å². The fraction of sp³-hybridized carbons (Fsp3) is 0.500. The van der Waals surface area contributed by atoms with Gasteiger partial charge in [0.2, 0.25) is 0 Å². The zero-order valence-corrected chi connectivity index (χ0v) is 31.7. The zero-order chi connectivity index (χ0) is 37.8. The molecule has 2 aliphatic rings. The molecule has 0 aliphatic heterocycles. The van der Waals surface area contributed by atoms with Crippen LogP contribution in [0.15, 0.2) is 70.4 Å². The molecule has 0 radical (unpaired) electrons. The molecule has 0 saturated heterocycles. The number of carbonyl (C=O) groups is 5. The minimum Gasteiger partial charge on any atom is -0.506 e. The molecule has 3 rings (SSSR count). The van der Waals surface area contributed by atoms with Crippen molar-refractivity contribution in [3.63, 3.8) is 0 Å². The minimum absolute atomic E-state index is 0.00309. The van der Waals surface area contributed by atoms with Crippen LogP contribution < -0.4 is 9.47 Å². The molecule has 0 spiro atoms. The third kappa shape index (κ3) is 7.85. The van der Waals surface area contributed by atoms with Crippen LogP contribution in [0.1, 0.15) is 120 Å². The fourth-order valence-corrected chi connectivity index (χ4v) is 7.58. The predicted molar refractivity (Wildman–Crippen MR) is 196 cm³/mol. The van der Waals surface area contributed by atoms with Crippen LogP contribution in [0, 0.1) is 22.2 Å². The van der Waals surface area contributed by atoms with Gasteiger partial charge in [0, 0.05) is 19.4 Å². The largest absolute Gasteiger partial charge is 0.506 e. The van der Waals surface area contributed by atoms with Crippen LogP contribution in [0.5, 0.6) is 11.5 Å². The van der Waals surface area contributed by atoms with Crippen molar-refractivity contribution in [2.75, 3.05) is 0 Å². The third-order valence-electron chi connectivity index (χ3n) is 10.2. The first-order chi connectivity index (χ1) is 23.2. The summed E-state index contributed by atoms with van der Waals surface area (Å²) in [5.41, 5.74) is -0.520. The predicted octanol–water partition coefficient (Wildman–Crippen LogP) is 9.34. The molecule has 0 unspecified atom stereocenters. The summed E-state index contributed by atoms with van der Waals surface area (Å²) in [6.07, 6.45) is 10.1. The smallest absolute Gasteiger partial charge is 0.308 e. The van der Waals surface area contributed by atoms with Crippen molar-refractivity contribution in [3.8, 4) is 11.5 Å². The molecule has 1 N–H and O–H groups in total. The quantitative estimate of drug-likeness (QED) is 0.0439. The Balaban J connectivity index is 2.52. The number of esters is 2. The van der Waals surface area contributed by atoms with E-state index < -0.39 is 51.1 Å². The lowest BCUT2D eigenvalue weighted by atomic mass is 9.37. The fourth-order valence-electron chi connectivity index (χ4n) is 7.58. The highest BCUT2D eigenvalue weighted by Gasteiger charge is 2.74. The molecule has 2 saturated carbocycles. The van der Waals surface area contributed by atoms with Gasteiger partial charge in [0.05, 0.1) is 5.41 Å². The monoisotopic (exact) mass is 686 g/mol. The van der Waals surface area contributed by atoms with E-state index in [0.29, 0.717) is 19.3 Å². The minimum atomic E-state index is -1.67. The van der Waals surface area contributed by atoms with Gasteiger partial charge in [0.1, 0.15) is 16.7 Å². The number of ether oxygens (including phenoxy) is 2. The highest BCUT2D eigenvalue weighted by molar-refractivity contribution is 6.41. The summed E-state index contributed by atoms with van der Waals surface area (Å²) in [6.45, 7) is 20.1. The van der Waals surface area contributed by atoms with E-state index in [1.165, 1.54) is 32.0 Å². The summed E-state index contributed by atoms with van der Waals surface area (Å²) in [5.74, 6) is -4.21.